The minimum Gasteiger partial charge on any atom is -0.301 e. The Morgan fingerprint density at radius 1 is 1.15 bits per heavy atom. The van der Waals surface area contributed by atoms with E-state index in [2.05, 4.69) is 15.3 Å². The van der Waals surface area contributed by atoms with Crippen molar-refractivity contribution >= 4 is 22.4 Å². The highest BCUT2D eigenvalue weighted by Gasteiger charge is 2.26. The van der Waals surface area contributed by atoms with Gasteiger partial charge in [0, 0.05) is 23.7 Å². The van der Waals surface area contributed by atoms with E-state index in [1.807, 2.05) is 32.0 Å². The summed E-state index contributed by atoms with van der Waals surface area (Å²) < 4.78 is 26.4. The summed E-state index contributed by atoms with van der Waals surface area (Å²) in [5.41, 5.74) is 1.35. The molecule has 7 heteroatoms. The predicted molar refractivity (Wildman–Crippen MR) is 102 cm³/mol. The van der Waals surface area contributed by atoms with E-state index in [9.17, 15) is 13.6 Å². The first-order valence-corrected chi connectivity index (χ1v) is 9.36. The van der Waals surface area contributed by atoms with Gasteiger partial charge in [0.25, 0.3) is 0 Å². The van der Waals surface area contributed by atoms with Crippen molar-refractivity contribution < 1.29 is 13.6 Å². The minimum atomic E-state index is -0.874. The highest BCUT2D eigenvalue weighted by molar-refractivity contribution is 7.15. The summed E-state index contributed by atoms with van der Waals surface area (Å²) in [6.45, 7) is 3.94. The zero-order chi connectivity index (χ0) is 19.4. The number of hydrogen-bond acceptors (Lipinski definition) is 4. The zero-order valence-corrected chi connectivity index (χ0v) is 15.8. The van der Waals surface area contributed by atoms with Gasteiger partial charge in [-0.05, 0) is 35.7 Å². The van der Waals surface area contributed by atoms with Gasteiger partial charge >= 0.3 is 0 Å². The average molecular weight is 387 g/mol. The van der Waals surface area contributed by atoms with Crippen LogP contribution in [0.15, 0.2) is 48.8 Å². The Morgan fingerprint density at radius 2 is 1.96 bits per heavy atom. The van der Waals surface area contributed by atoms with E-state index in [1.165, 1.54) is 23.5 Å². The minimum absolute atomic E-state index is 0.0709. The van der Waals surface area contributed by atoms with Crippen LogP contribution in [0.25, 0.3) is 0 Å². The van der Waals surface area contributed by atoms with Crippen molar-refractivity contribution in [2.45, 2.75) is 26.2 Å². The maximum atomic E-state index is 13.3. The van der Waals surface area contributed by atoms with Crippen LogP contribution < -0.4 is 5.32 Å². The Labute approximate surface area is 160 Å². The van der Waals surface area contributed by atoms with Crippen LogP contribution in [-0.4, -0.2) is 15.9 Å². The fraction of sp³-hybridized carbons (Fsp3) is 0.250. The third kappa shape index (κ3) is 4.74. The first-order chi connectivity index (χ1) is 12.9. The maximum absolute atomic E-state index is 13.3. The fourth-order valence-electron chi connectivity index (χ4n) is 2.82. The number of carbonyl (C=O) groups excluding carboxylic acids is 1. The molecule has 4 nitrogen and oxygen atoms in total. The third-order valence-corrected chi connectivity index (χ3v) is 5.01. The number of rotatable bonds is 6. The van der Waals surface area contributed by atoms with Crippen molar-refractivity contribution in [2.75, 3.05) is 5.32 Å². The van der Waals surface area contributed by atoms with Gasteiger partial charge in [-0.1, -0.05) is 26.0 Å². The molecule has 3 aromatic rings. The summed E-state index contributed by atoms with van der Waals surface area (Å²) in [6.07, 6.45) is 3.71. The molecule has 0 bridgehead atoms. The number of anilines is 1. The monoisotopic (exact) mass is 387 g/mol. The van der Waals surface area contributed by atoms with Gasteiger partial charge in [-0.25, -0.2) is 13.8 Å². The summed E-state index contributed by atoms with van der Waals surface area (Å²) in [4.78, 5) is 22.1. The Balaban J connectivity index is 1.70. The van der Waals surface area contributed by atoms with Crippen LogP contribution in [0.4, 0.5) is 13.9 Å². The van der Waals surface area contributed by atoms with Gasteiger partial charge in [-0.3, -0.25) is 9.78 Å². The summed E-state index contributed by atoms with van der Waals surface area (Å²) in [7, 11) is 0. The molecule has 0 saturated heterocycles. The maximum Gasteiger partial charge on any atom is 0.235 e. The highest BCUT2D eigenvalue weighted by atomic mass is 32.1. The van der Waals surface area contributed by atoms with Crippen LogP contribution in [0.1, 0.15) is 35.9 Å². The van der Waals surface area contributed by atoms with Crippen molar-refractivity contribution in [3.05, 3.63) is 76.6 Å². The molecule has 3 rings (SSSR count). The molecule has 1 atom stereocenters. The smallest absolute Gasteiger partial charge is 0.235 e. The Morgan fingerprint density at radius 3 is 2.63 bits per heavy atom. The van der Waals surface area contributed by atoms with Crippen LogP contribution in [0.3, 0.4) is 0 Å². The molecule has 2 heterocycles. The van der Waals surface area contributed by atoms with Crippen LogP contribution >= 0.6 is 11.3 Å². The highest BCUT2D eigenvalue weighted by Crippen LogP contribution is 2.27. The largest absolute Gasteiger partial charge is 0.301 e. The zero-order valence-electron chi connectivity index (χ0n) is 14.9. The van der Waals surface area contributed by atoms with E-state index >= 15 is 0 Å². The summed E-state index contributed by atoms with van der Waals surface area (Å²) in [5.74, 6) is -2.23. The van der Waals surface area contributed by atoms with Crippen molar-refractivity contribution in [3.63, 3.8) is 0 Å². The van der Waals surface area contributed by atoms with Gasteiger partial charge in [0.1, 0.15) is 0 Å². The van der Waals surface area contributed by atoms with E-state index in [4.69, 9.17) is 0 Å². The number of halogens is 2. The van der Waals surface area contributed by atoms with Crippen molar-refractivity contribution in [3.8, 4) is 0 Å². The Kier molecular flexibility index (Phi) is 5.91. The number of benzene rings is 1. The third-order valence-electron chi connectivity index (χ3n) is 4.10. The molecule has 1 amide bonds. The van der Waals surface area contributed by atoms with E-state index in [0.717, 1.165) is 10.9 Å². The average Bonchev–Trinajstić information content (AvgIpc) is 3.05. The van der Waals surface area contributed by atoms with E-state index in [0.29, 0.717) is 22.8 Å². The van der Waals surface area contributed by atoms with Crippen molar-refractivity contribution in [1.29, 1.82) is 0 Å². The number of nitrogens with one attached hydrogen (secondary N) is 1. The van der Waals surface area contributed by atoms with Gasteiger partial charge in [0.2, 0.25) is 5.91 Å². The lowest BCUT2D eigenvalue weighted by Gasteiger charge is -2.18. The second-order valence-electron chi connectivity index (χ2n) is 6.52. The molecule has 0 aliphatic carbocycles. The molecule has 0 spiro atoms. The number of aromatic nitrogens is 2. The van der Waals surface area contributed by atoms with Crippen LogP contribution in [0, 0.1) is 17.6 Å². The van der Waals surface area contributed by atoms with Gasteiger partial charge in [-0.15, -0.1) is 11.3 Å². The first-order valence-electron chi connectivity index (χ1n) is 8.54. The number of amides is 1. The molecule has 140 valence electrons. The van der Waals surface area contributed by atoms with E-state index in [1.54, 1.807) is 12.4 Å². The first kappa shape index (κ1) is 19.1. The fourth-order valence-corrected chi connectivity index (χ4v) is 3.67. The van der Waals surface area contributed by atoms with Crippen molar-refractivity contribution in [2.24, 2.45) is 5.92 Å². The summed E-state index contributed by atoms with van der Waals surface area (Å²) in [6, 6.07) is 9.31. The topological polar surface area (TPSA) is 54.9 Å². The van der Waals surface area contributed by atoms with Gasteiger partial charge in [0.15, 0.2) is 16.8 Å². The molecular weight excluding hydrogens is 368 g/mol. The Bertz CT molecular complexity index is 928. The van der Waals surface area contributed by atoms with Crippen LogP contribution in [0.2, 0.25) is 0 Å². The second kappa shape index (κ2) is 8.35. The molecular formula is C20H19F2N3OS. The number of nitrogens with zero attached hydrogens (tertiary/aromatic N) is 2. The van der Waals surface area contributed by atoms with Crippen molar-refractivity contribution in [1.82, 2.24) is 9.97 Å². The lowest BCUT2D eigenvalue weighted by molar-refractivity contribution is -0.118. The standard InChI is InChI=1S/C20H19F2N3OS/c1-12(2)18(17-5-3-4-8-23-17)19(26)25-20-24-11-14(27-20)9-13-6-7-15(21)16(22)10-13/h3-8,10-12,18H,9H2,1-2H3,(H,24,25,26)/t18-/m0/s1. The molecule has 27 heavy (non-hydrogen) atoms. The molecule has 2 aromatic heterocycles. The molecule has 1 N–H and O–H groups in total. The van der Waals surface area contributed by atoms with Crippen LogP contribution in [-0.2, 0) is 11.2 Å². The lowest BCUT2D eigenvalue weighted by atomic mass is 9.91. The van der Waals surface area contributed by atoms with Crippen LogP contribution in [0.5, 0.6) is 0 Å². The van der Waals surface area contributed by atoms with Gasteiger partial charge in [-0.2, -0.15) is 0 Å². The summed E-state index contributed by atoms with van der Waals surface area (Å²) >= 11 is 1.31. The quantitative estimate of drug-likeness (QED) is 0.662. The number of pyridine rings is 1. The lowest BCUT2D eigenvalue weighted by Crippen LogP contribution is -2.25. The number of thiazole rings is 1. The summed E-state index contributed by atoms with van der Waals surface area (Å²) in [5, 5.41) is 3.31. The molecule has 0 aliphatic heterocycles. The predicted octanol–water partition coefficient (Wildman–Crippen LogP) is 4.79. The number of hydrogen-bond donors (Lipinski definition) is 1. The van der Waals surface area contributed by atoms with Gasteiger partial charge < -0.3 is 5.32 Å². The SMILES string of the molecule is CC(C)[C@H](C(=O)Nc1ncc(Cc2ccc(F)c(F)c2)s1)c1ccccn1. The van der Waals surface area contributed by atoms with E-state index < -0.39 is 11.6 Å². The molecule has 0 fully saturated rings. The molecule has 0 saturated carbocycles. The molecule has 0 radical (unpaired) electrons. The van der Waals surface area contributed by atoms with Gasteiger partial charge in [0.05, 0.1) is 11.6 Å². The molecule has 1 aromatic carbocycles. The number of carbonyl (C=O) groups is 1. The molecule has 0 unspecified atom stereocenters. The normalized spacial score (nSPS) is 12.2. The Hall–Kier alpha value is -2.67. The van der Waals surface area contributed by atoms with E-state index in [-0.39, 0.29) is 17.7 Å². The molecule has 0 aliphatic rings. The second-order valence-corrected chi connectivity index (χ2v) is 7.64.